The topological polar surface area (TPSA) is 52.3 Å². The highest BCUT2D eigenvalue weighted by molar-refractivity contribution is 5.82. The standard InChI is InChI=1S/C9H15NO2/c1-2-12-8(11)9(10)5-6-3-7(9)4-6/h6-7H,2-5,10H2,1H3. The van der Waals surface area contributed by atoms with Crippen molar-refractivity contribution >= 4 is 5.97 Å². The van der Waals surface area contributed by atoms with Gasteiger partial charge in [0.15, 0.2) is 0 Å². The van der Waals surface area contributed by atoms with E-state index in [1.165, 1.54) is 0 Å². The molecule has 2 N–H and O–H groups in total. The Morgan fingerprint density at radius 1 is 1.67 bits per heavy atom. The van der Waals surface area contributed by atoms with Gasteiger partial charge in [-0.05, 0) is 38.0 Å². The lowest BCUT2D eigenvalue weighted by molar-refractivity contribution is -0.150. The van der Waals surface area contributed by atoms with Crippen molar-refractivity contribution in [1.29, 1.82) is 0 Å². The van der Waals surface area contributed by atoms with Gasteiger partial charge in [-0.3, -0.25) is 4.79 Å². The first kappa shape index (κ1) is 8.05. The van der Waals surface area contributed by atoms with Crippen LogP contribution in [0.4, 0.5) is 0 Å². The van der Waals surface area contributed by atoms with Crippen LogP contribution in [-0.2, 0) is 9.53 Å². The molecular formula is C9H15NO2. The average Bonchev–Trinajstić information content (AvgIpc) is 2.41. The normalized spacial score (nSPS) is 43.8. The van der Waals surface area contributed by atoms with Gasteiger partial charge < -0.3 is 10.5 Å². The maximum absolute atomic E-state index is 11.5. The van der Waals surface area contributed by atoms with E-state index in [1.807, 2.05) is 6.92 Å². The highest BCUT2D eigenvalue weighted by atomic mass is 16.5. The van der Waals surface area contributed by atoms with Gasteiger partial charge in [0.1, 0.15) is 5.54 Å². The van der Waals surface area contributed by atoms with E-state index >= 15 is 0 Å². The minimum atomic E-state index is -0.624. The molecule has 1 unspecified atom stereocenters. The van der Waals surface area contributed by atoms with E-state index < -0.39 is 5.54 Å². The molecule has 0 spiro atoms. The SMILES string of the molecule is CCOC(=O)C1(N)CC2CC1C2. The fourth-order valence-corrected chi connectivity index (χ4v) is 2.48. The number of rotatable bonds is 2. The van der Waals surface area contributed by atoms with Crippen molar-refractivity contribution in [2.45, 2.75) is 31.7 Å². The molecular weight excluding hydrogens is 154 g/mol. The third kappa shape index (κ3) is 0.891. The molecule has 0 heterocycles. The van der Waals surface area contributed by atoms with Gasteiger partial charge in [-0.15, -0.1) is 0 Å². The smallest absolute Gasteiger partial charge is 0.326 e. The molecule has 0 aromatic rings. The highest BCUT2D eigenvalue weighted by Crippen LogP contribution is 2.53. The number of carbonyl (C=O) groups is 1. The second-order valence-corrected chi connectivity index (χ2v) is 4.00. The van der Waals surface area contributed by atoms with Gasteiger partial charge in [0.25, 0.3) is 0 Å². The predicted octanol–water partition coefficient (Wildman–Crippen LogP) is 0.677. The molecule has 3 fully saturated rings. The highest BCUT2D eigenvalue weighted by Gasteiger charge is 2.58. The van der Waals surface area contributed by atoms with Crippen LogP contribution in [0.1, 0.15) is 26.2 Å². The Balaban J connectivity index is 2.06. The molecule has 0 radical (unpaired) electrons. The van der Waals surface area contributed by atoms with Crippen LogP contribution in [0.2, 0.25) is 0 Å². The molecule has 0 saturated heterocycles. The van der Waals surface area contributed by atoms with Crippen molar-refractivity contribution in [3.8, 4) is 0 Å². The zero-order valence-electron chi connectivity index (χ0n) is 7.38. The summed E-state index contributed by atoms with van der Waals surface area (Å²) >= 11 is 0. The third-order valence-electron chi connectivity index (χ3n) is 3.25. The molecule has 68 valence electrons. The van der Waals surface area contributed by atoms with Gasteiger partial charge in [0.05, 0.1) is 6.61 Å². The van der Waals surface area contributed by atoms with Crippen LogP contribution in [0, 0.1) is 11.8 Å². The van der Waals surface area contributed by atoms with Crippen LogP contribution in [0.3, 0.4) is 0 Å². The average molecular weight is 169 g/mol. The molecule has 12 heavy (non-hydrogen) atoms. The molecule has 0 aromatic heterocycles. The lowest BCUT2D eigenvalue weighted by atomic mass is 9.80. The van der Waals surface area contributed by atoms with Crippen molar-refractivity contribution in [2.75, 3.05) is 6.61 Å². The Morgan fingerprint density at radius 2 is 2.33 bits per heavy atom. The molecule has 3 heteroatoms. The molecule has 3 saturated carbocycles. The maximum atomic E-state index is 11.5. The molecule has 2 bridgehead atoms. The molecule has 0 aromatic carbocycles. The van der Waals surface area contributed by atoms with Crippen LogP contribution < -0.4 is 5.73 Å². The second-order valence-electron chi connectivity index (χ2n) is 4.00. The van der Waals surface area contributed by atoms with Gasteiger partial charge in [-0.1, -0.05) is 0 Å². The third-order valence-corrected chi connectivity index (χ3v) is 3.25. The van der Waals surface area contributed by atoms with E-state index in [0.29, 0.717) is 18.4 Å². The minimum Gasteiger partial charge on any atom is -0.465 e. The number of nitrogens with two attached hydrogens (primary N) is 1. The second kappa shape index (κ2) is 2.46. The van der Waals surface area contributed by atoms with Crippen molar-refractivity contribution < 1.29 is 9.53 Å². The van der Waals surface area contributed by atoms with Crippen LogP contribution in [0.15, 0.2) is 0 Å². The monoisotopic (exact) mass is 169 g/mol. The summed E-state index contributed by atoms with van der Waals surface area (Å²) in [5, 5.41) is 0. The van der Waals surface area contributed by atoms with Crippen molar-refractivity contribution in [3.05, 3.63) is 0 Å². The molecule has 1 atom stereocenters. The van der Waals surface area contributed by atoms with Gasteiger partial charge >= 0.3 is 5.97 Å². The number of fused-ring (bicyclic) bond motifs is 1. The van der Waals surface area contributed by atoms with Gasteiger partial charge in [-0.25, -0.2) is 0 Å². The van der Waals surface area contributed by atoms with E-state index in [2.05, 4.69) is 0 Å². The van der Waals surface area contributed by atoms with Gasteiger partial charge in [0.2, 0.25) is 0 Å². The largest absolute Gasteiger partial charge is 0.465 e. The Kier molecular flexibility index (Phi) is 1.65. The molecule has 3 aliphatic rings. The van der Waals surface area contributed by atoms with Crippen molar-refractivity contribution in [3.63, 3.8) is 0 Å². The summed E-state index contributed by atoms with van der Waals surface area (Å²) in [5.74, 6) is 0.918. The lowest BCUT2D eigenvalue weighted by Crippen LogP contribution is -2.50. The van der Waals surface area contributed by atoms with Gasteiger partial charge in [-0.2, -0.15) is 0 Å². The van der Waals surface area contributed by atoms with E-state index in [0.717, 1.165) is 19.3 Å². The lowest BCUT2D eigenvalue weighted by Gasteiger charge is -2.29. The number of carbonyl (C=O) groups excluding carboxylic acids is 1. The first-order valence-corrected chi connectivity index (χ1v) is 4.63. The number of ether oxygens (including phenoxy) is 1. The van der Waals surface area contributed by atoms with Crippen molar-refractivity contribution in [2.24, 2.45) is 17.6 Å². The van der Waals surface area contributed by atoms with E-state index in [1.54, 1.807) is 0 Å². The first-order valence-electron chi connectivity index (χ1n) is 4.63. The number of esters is 1. The Hall–Kier alpha value is -0.570. The van der Waals surface area contributed by atoms with Crippen LogP contribution in [0.25, 0.3) is 0 Å². The Bertz CT molecular complexity index is 211. The predicted molar refractivity (Wildman–Crippen MR) is 44.4 cm³/mol. The van der Waals surface area contributed by atoms with E-state index in [9.17, 15) is 4.79 Å². The van der Waals surface area contributed by atoms with Crippen LogP contribution >= 0.6 is 0 Å². The first-order chi connectivity index (χ1) is 5.66. The van der Waals surface area contributed by atoms with E-state index in [4.69, 9.17) is 10.5 Å². The summed E-state index contributed by atoms with van der Waals surface area (Å²) in [5.41, 5.74) is 5.37. The van der Waals surface area contributed by atoms with Gasteiger partial charge in [0, 0.05) is 0 Å². The maximum Gasteiger partial charge on any atom is 0.326 e. The minimum absolute atomic E-state index is 0.185. The number of hydrogen-bond acceptors (Lipinski definition) is 3. The summed E-state index contributed by atoms with van der Waals surface area (Å²) in [4.78, 5) is 11.5. The zero-order chi connectivity index (χ0) is 8.77. The van der Waals surface area contributed by atoms with Crippen LogP contribution in [0.5, 0.6) is 0 Å². The summed E-state index contributed by atoms with van der Waals surface area (Å²) in [6.45, 7) is 2.26. The van der Waals surface area contributed by atoms with E-state index in [-0.39, 0.29) is 5.97 Å². The fourth-order valence-electron chi connectivity index (χ4n) is 2.48. The zero-order valence-corrected chi connectivity index (χ0v) is 7.38. The summed E-state index contributed by atoms with van der Waals surface area (Å²) in [6, 6.07) is 0. The molecule has 3 aliphatic carbocycles. The van der Waals surface area contributed by atoms with Crippen molar-refractivity contribution in [1.82, 2.24) is 0 Å². The molecule has 3 nitrogen and oxygen atoms in total. The summed E-state index contributed by atoms with van der Waals surface area (Å²) < 4.78 is 4.96. The quantitative estimate of drug-likeness (QED) is 0.618. The Labute approximate surface area is 72.3 Å². The molecule has 0 aliphatic heterocycles. The summed E-state index contributed by atoms with van der Waals surface area (Å²) in [6.07, 6.45) is 3.11. The number of hydrogen-bond donors (Lipinski definition) is 1. The Morgan fingerprint density at radius 3 is 2.75 bits per heavy atom. The molecule has 0 amide bonds. The van der Waals surface area contributed by atoms with Crippen LogP contribution in [-0.4, -0.2) is 18.1 Å². The molecule has 3 rings (SSSR count). The fraction of sp³-hybridized carbons (Fsp3) is 0.889. The summed E-state index contributed by atoms with van der Waals surface area (Å²) in [7, 11) is 0.